The van der Waals surface area contributed by atoms with Gasteiger partial charge < -0.3 is 10.2 Å². The second kappa shape index (κ2) is 6.45. The number of nitrogens with one attached hydrogen (secondary N) is 1. The van der Waals surface area contributed by atoms with Crippen molar-refractivity contribution in [3.63, 3.8) is 0 Å². The Kier molecular flexibility index (Phi) is 4.91. The van der Waals surface area contributed by atoms with Gasteiger partial charge in [0.2, 0.25) is 0 Å². The summed E-state index contributed by atoms with van der Waals surface area (Å²) in [5, 5.41) is 8.71. The number of aromatic nitrogens is 2. The third-order valence-electron chi connectivity index (χ3n) is 3.60. The minimum atomic E-state index is 0.674. The molecule has 0 spiro atoms. The molecule has 1 aliphatic rings. The van der Waals surface area contributed by atoms with Crippen molar-refractivity contribution in [2.24, 2.45) is 0 Å². The monoisotopic (exact) mass is 269 g/mol. The molecule has 1 aromatic rings. The topological polar surface area (TPSA) is 44.3 Å². The van der Waals surface area contributed by atoms with Crippen molar-refractivity contribution < 1.29 is 0 Å². The number of piperazine rings is 1. The predicted octanol–water partition coefficient (Wildman–Crippen LogP) is 1.50. The van der Waals surface area contributed by atoms with E-state index in [9.17, 15) is 0 Å². The summed E-state index contributed by atoms with van der Waals surface area (Å²) in [6, 6.07) is 0.674. The Balaban J connectivity index is 1.94. The van der Waals surface area contributed by atoms with Crippen LogP contribution in [0.25, 0.3) is 0 Å². The van der Waals surface area contributed by atoms with E-state index in [1.165, 1.54) is 18.0 Å². The van der Waals surface area contributed by atoms with Crippen LogP contribution in [-0.2, 0) is 6.54 Å². The number of hydrogen-bond donors (Lipinski definition) is 1. The van der Waals surface area contributed by atoms with Gasteiger partial charge in [-0.2, -0.15) is 0 Å². The summed E-state index contributed by atoms with van der Waals surface area (Å²) in [6.07, 6.45) is 1.21. The molecule has 1 saturated heterocycles. The van der Waals surface area contributed by atoms with Crippen LogP contribution in [0.1, 0.15) is 26.0 Å². The van der Waals surface area contributed by atoms with Gasteiger partial charge in [0.05, 0.1) is 0 Å². The van der Waals surface area contributed by atoms with Gasteiger partial charge in [0, 0.05) is 50.3 Å². The van der Waals surface area contributed by atoms with Crippen LogP contribution in [0.15, 0.2) is 0 Å². The quantitative estimate of drug-likeness (QED) is 0.877. The largest absolute Gasteiger partial charge is 0.374 e. The second-order valence-electron chi connectivity index (χ2n) is 4.86. The molecule has 1 N–H and O–H groups in total. The van der Waals surface area contributed by atoms with Crippen LogP contribution in [0.5, 0.6) is 0 Å². The summed E-state index contributed by atoms with van der Waals surface area (Å²) >= 11 is 1.46. The van der Waals surface area contributed by atoms with Crippen LogP contribution >= 0.6 is 11.5 Å². The Labute approximate surface area is 113 Å². The lowest BCUT2D eigenvalue weighted by molar-refractivity contribution is 0.0876. The van der Waals surface area contributed by atoms with Crippen molar-refractivity contribution in [2.45, 2.75) is 32.9 Å². The number of likely N-dealkylation sites (N-methyl/N-ethyl adjacent to an activating group) is 1. The lowest BCUT2D eigenvalue weighted by atomic mass is 10.1. The summed E-state index contributed by atoms with van der Waals surface area (Å²) in [6.45, 7) is 9.62. The van der Waals surface area contributed by atoms with Crippen LogP contribution in [0.3, 0.4) is 0 Å². The van der Waals surface area contributed by atoms with Crippen LogP contribution in [0.4, 0.5) is 5.00 Å². The molecule has 0 amide bonds. The molecule has 1 aliphatic heterocycles. The Hall–Kier alpha value is -0.720. The molecule has 1 aromatic heterocycles. The summed E-state index contributed by atoms with van der Waals surface area (Å²) in [4.78, 5) is 4.95. The molecule has 0 aliphatic carbocycles. The van der Waals surface area contributed by atoms with Gasteiger partial charge in [-0.15, -0.1) is 5.10 Å². The summed E-state index contributed by atoms with van der Waals surface area (Å²) in [5.41, 5.74) is 1.10. The molecule has 6 heteroatoms. The summed E-state index contributed by atoms with van der Waals surface area (Å²) in [5.74, 6) is 0. The van der Waals surface area contributed by atoms with E-state index in [0.717, 1.165) is 43.4 Å². The molecule has 102 valence electrons. The average molecular weight is 269 g/mol. The molecule has 2 rings (SSSR count). The standard InChI is InChI=1S/C12H23N5S/c1-4-10-8-17(7-6-16(10)3)9-11-12(13-5-2)18-15-14-11/h10,13H,4-9H2,1-3H3. The van der Waals surface area contributed by atoms with Gasteiger partial charge >= 0.3 is 0 Å². The maximum Gasteiger partial charge on any atom is 0.134 e. The number of rotatable bonds is 5. The maximum absolute atomic E-state index is 4.25. The molecular weight excluding hydrogens is 246 g/mol. The molecule has 2 heterocycles. The van der Waals surface area contributed by atoms with Gasteiger partial charge in [0.15, 0.2) is 0 Å². The molecule has 1 atom stereocenters. The molecule has 1 unspecified atom stereocenters. The average Bonchev–Trinajstić information content (AvgIpc) is 2.80. The Morgan fingerprint density at radius 2 is 2.22 bits per heavy atom. The highest BCUT2D eigenvalue weighted by atomic mass is 32.1. The first-order chi connectivity index (χ1) is 8.74. The van der Waals surface area contributed by atoms with Gasteiger partial charge in [0.1, 0.15) is 10.7 Å². The van der Waals surface area contributed by atoms with Crippen molar-refractivity contribution in [1.82, 2.24) is 19.4 Å². The fourth-order valence-electron chi connectivity index (χ4n) is 2.41. The van der Waals surface area contributed by atoms with E-state index in [2.05, 4.69) is 45.6 Å². The zero-order valence-electron chi connectivity index (χ0n) is 11.5. The fourth-order valence-corrected chi connectivity index (χ4v) is 3.05. The van der Waals surface area contributed by atoms with Gasteiger partial charge in [-0.05, 0) is 20.4 Å². The van der Waals surface area contributed by atoms with Crippen LogP contribution in [0.2, 0.25) is 0 Å². The normalized spacial score (nSPS) is 22.3. The van der Waals surface area contributed by atoms with Gasteiger partial charge in [-0.1, -0.05) is 11.4 Å². The van der Waals surface area contributed by atoms with Crippen molar-refractivity contribution in [1.29, 1.82) is 0 Å². The molecule has 0 bridgehead atoms. The van der Waals surface area contributed by atoms with Crippen LogP contribution in [-0.4, -0.2) is 58.7 Å². The predicted molar refractivity (Wildman–Crippen MR) is 76.1 cm³/mol. The zero-order chi connectivity index (χ0) is 13.0. The highest BCUT2D eigenvalue weighted by Gasteiger charge is 2.24. The zero-order valence-corrected chi connectivity index (χ0v) is 12.3. The first kappa shape index (κ1) is 13.7. The third-order valence-corrected chi connectivity index (χ3v) is 4.32. The van der Waals surface area contributed by atoms with Gasteiger partial charge in [0.25, 0.3) is 0 Å². The van der Waals surface area contributed by atoms with E-state index in [-0.39, 0.29) is 0 Å². The van der Waals surface area contributed by atoms with E-state index in [1.54, 1.807) is 0 Å². The van der Waals surface area contributed by atoms with E-state index < -0.39 is 0 Å². The van der Waals surface area contributed by atoms with E-state index in [4.69, 9.17) is 0 Å². The molecule has 0 aromatic carbocycles. The minimum absolute atomic E-state index is 0.674. The van der Waals surface area contributed by atoms with Crippen molar-refractivity contribution in [3.05, 3.63) is 5.69 Å². The van der Waals surface area contributed by atoms with Crippen molar-refractivity contribution in [2.75, 3.05) is 38.5 Å². The van der Waals surface area contributed by atoms with Crippen molar-refractivity contribution in [3.8, 4) is 0 Å². The van der Waals surface area contributed by atoms with Gasteiger partial charge in [-0.25, -0.2) is 0 Å². The number of anilines is 1. The lowest BCUT2D eigenvalue weighted by Gasteiger charge is -2.38. The molecule has 18 heavy (non-hydrogen) atoms. The highest BCUT2D eigenvalue weighted by Crippen LogP contribution is 2.20. The Bertz CT molecular complexity index is 367. The molecule has 0 radical (unpaired) electrons. The maximum atomic E-state index is 4.25. The fraction of sp³-hybridized carbons (Fsp3) is 0.833. The Morgan fingerprint density at radius 1 is 1.39 bits per heavy atom. The molecule has 5 nitrogen and oxygen atoms in total. The first-order valence-electron chi connectivity index (χ1n) is 6.72. The van der Waals surface area contributed by atoms with Crippen molar-refractivity contribution >= 4 is 16.5 Å². The molecule has 1 fully saturated rings. The minimum Gasteiger partial charge on any atom is -0.374 e. The molecular formula is C12H23N5S. The number of hydrogen-bond acceptors (Lipinski definition) is 6. The highest BCUT2D eigenvalue weighted by molar-refractivity contribution is 7.10. The first-order valence-corrected chi connectivity index (χ1v) is 7.49. The van der Waals surface area contributed by atoms with E-state index >= 15 is 0 Å². The molecule has 0 saturated carbocycles. The number of nitrogens with zero attached hydrogens (tertiary/aromatic N) is 4. The van der Waals surface area contributed by atoms with Crippen LogP contribution in [0, 0.1) is 0 Å². The van der Waals surface area contributed by atoms with E-state index in [0.29, 0.717) is 6.04 Å². The van der Waals surface area contributed by atoms with Gasteiger partial charge in [-0.3, -0.25) is 4.90 Å². The SMILES string of the molecule is CCNc1snnc1CN1CCN(C)C(CC)C1. The summed E-state index contributed by atoms with van der Waals surface area (Å²) in [7, 11) is 2.22. The summed E-state index contributed by atoms with van der Waals surface area (Å²) < 4.78 is 4.05. The second-order valence-corrected chi connectivity index (χ2v) is 5.61. The third kappa shape index (κ3) is 3.18. The van der Waals surface area contributed by atoms with Crippen LogP contribution < -0.4 is 5.32 Å². The smallest absolute Gasteiger partial charge is 0.134 e. The van der Waals surface area contributed by atoms with E-state index in [1.807, 2.05) is 0 Å². The lowest BCUT2D eigenvalue weighted by Crippen LogP contribution is -2.50. The Morgan fingerprint density at radius 3 is 2.94 bits per heavy atom.